The molecule has 6 nitrogen and oxygen atoms in total. The van der Waals surface area contributed by atoms with Gasteiger partial charge in [-0.3, -0.25) is 4.68 Å². The van der Waals surface area contributed by atoms with Crippen LogP contribution in [-0.4, -0.2) is 24.7 Å². The van der Waals surface area contributed by atoms with Gasteiger partial charge in [-0.15, -0.1) is 0 Å². The smallest absolute Gasteiger partial charge is 0.242 e. The second-order valence-electron chi connectivity index (χ2n) is 3.86. The predicted molar refractivity (Wildman–Crippen MR) is 73.3 cm³/mol. The molecular formula is C11H13ClN4O2S. The fraction of sp³-hybridized carbons (Fsp3) is 0.182. The van der Waals surface area contributed by atoms with Crippen molar-refractivity contribution in [2.75, 3.05) is 12.3 Å². The fourth-order valence-electron chi connectivity index (χ4n) is 1.53. The Morgan fingerprint density at radius 2 is 2.21 bits per heavy atom. The summed E-state index contributed by atoms with van der Waals surface area (Å²) in [7, 11) is -3.67. The van der Waals surface area contributed by atoms with Crippen molar-refractivity contribution in [1.29, 1.82) is 0 Å². The average molecular weight is 301 g/mol. The molecule has 0 fully saturated rings. The molecule has 1 aromatic heterocycles. The first-order valence-electron chi connectivity index (χ1n) is 5.51. The Hall–Kier alpha value is -1.57. The number of aromatic nitrogens is 2. The molecule has 2 aromatic rings. The van der Waals surface area contributed by atoms with E-state index in [-0.39, 0.29) is 16.5 Å². The molecule has 0 amide bonds. The lowest BCUT2D eigenvalue weighted by atomic mass is 10.3. The number of rotatable bonds is 5. The first kappa shape index (κ1) is 13.9. The number of hydrogen-bond acceptors (Lipinski definition) is 4. The van der Waals surface area contributed by atoms with Crippen molar-refractivity contribution in [1.82, 2.24) is 14.5 Å². The van der Waals surface area contributed by atoms with Gasteiger partial charge in [0.05, 0.1) is 11.6 Å². The van der Waals surface area contributed by atoms with Gasteiger partial charge in [0.2, 0.25) is 10.0 Å². The van der Waals surface area contributed by atoms with E-state index in [1.165, 1.54) is 12.1 Å². The van der Waals surface area contributed by atoms with E-state index in [1.807, 2.05) is 0 Å². The number of anilines is 1. The maximum atomic E-state index is 12.1. The summed E-state index contributed by atoms with van der Waals surface area (Å²) in [5.74, 6) is 0. The molecule has 0 atom stereocenters. The van der Waals surface area contributed by atoms with Crippen LogP contribution in [0.3, 0.4) is 0 Å². The summed E-state index contributed by atoms with van der Waals surface area (Å²) < 4.78 is 28.2. The molecule has 8 heteroatoms. The number of sulfonamides is 1. The zero-order valence-electron chi connectivity index (χ0n) is 9.95. The zero-order valence-corrected chi connectivity index (χ0v) is 11.5. The largest absolute Gasteiger partial charge is 0.399 e. The molecule has 1 aromatic carbocycles. The van der Waals surface area contributed by atoms with E-state index in [0.29, 0.717) is 12.2 Å². The van der Waals surface area contributed by atoms with Crippen LogP contribution in [0.4, 0.5) is 5.69 Å². The van der Waals surface area contributed by atoms with Crippen molar-refractivity contribution < 1.29 is 8.42 Å². The Balaban J connectivity index is 2.07. The van der Waals surface area contributed by atoms with Gasteiger partial charge in [-0.2, -0.15) is 5.10 Å². The Morgan fingerprint density at radius 1 is 1.42 bits per heavy atom. The number of nitrogens with two attached hydrogens (primary N) is 1. The van der Waals surface area contributed by atoms with Gasteiger partial charge >= 0.3 is 0 Å². The minimum absolute atomic E-state index is 0.0189. The Morgan fingerprint density at radius 3 is 2.89 bits per heavy atom. The molecule has 0 aliphatic rings. The third-order valence-electron chi connectivity index (χ3n) is 2.44. The minimum Gasteiger partial charge on any atom is -0.399 e. The van der Waals surface area contributed by atoms with Gasteiger partial charge in [0.15, 0.2) is 0 Å². The van der Waals surface area contributed by atoms with E-state index in [4.69, 9.17) is 17.3 Å². The third-order valence-corrected chi connectivity index (χ3v) is 4.38. The fourth-order valence-corrected chi connectivity index (χ4v) is 3.08. The summed E-state index contributed by atoms with van der Waals surface area (Å²) in [6.45, 7) is 0.654. The van der Waals surface area contributed by atoms with E-state index < -0.39 is 10.0 Å². The molecule has 0 spiro atoms. The summed E-state index contributed by atoms with van der Waals surface area (Å²) >= 11 is 5.87. The van der Waals surface area contributed by atoms with Crippen LogP contribution >= 0.6 is 11.6 Å². The van der Waals surface area contributed by atoms with Crippen LogP contribution in [0.5, 0.6) is 0 Å². The average Bonchev–Trinajstić information content (AvgIpc) is 2.85. The third kappa shape index (κ3) is 3.46. The number of halogens is 1. The van der Waals surface area contributed by atoms with Gasteiger partial charge in [0, 0.05) is 24.6 Å². The maximum absolute atomic E-state index is 12.1. The molecule has 3 N–H and O–H groups in total. The first-order chi connectivity index (χ1) is 8.99. The normalized spacial score (nSPS) is 11.6. The van der Waals surface area contributed by atoms with Crippen molar-refractivity contribution >= 4 is 27.3 Å². The van der Waals surface area contributed by atoms with Crippen LogP contribution in [0.25, 0.3) is 0 Å². The standard InChI is InChI=1S/C11H13ClN4O2S/c12-10-3-2-9(13)8-11(10)19(17,18)15-5-7-16-6-1-4-14-16/h1-4,6,8,15H,5,7,13H2. The molecule has 19 heavy (non-hydrogen) atoms. The SMILES string of the molecule is Nc1ccc(Cl)c(S(=O)(=O)NCCn2cccn2)c1. The molecule has 0 aliphatic carbocycles. The Kier molecular flexibility index (Phi) is 4.08. The highest BCUT2D eigenvalue weighted by Gasteiger charge is 2.17. The first-order valence-corrected chi connectivity index (χ1v) is 7.37. The van der Waals surface area contributed by atoms with Crippen molar-refractivity contribution in [3.8, 4) is 0 Å². The summed E-state index contributed by atoms with van der Waals surface area (Å²) in [5, 5.41) is 4.12. The van der Waals surface area contributed by atoms with Crippen molar-refractivity contribution in [2.45, 2.75) is 11.4 Å². The monoisotopic (exact) mass is 300 g/mol. The molecule has 0 aliphatic heterocycles. The highest BCUT2D eigenvalue weighted by atomic mass is 35.5. The topological polar surface area (TPSA) is 90.0 Å². The van der Waals surface area contributed by atoms with E-state index in [0.717, 1.165) is 0 Å². The molecule has 0 bridgehead atoms. The van der Waals surface area contributed by atoms with Crippen LogP contribution in [0.2, 0.25) is 5.02 Å². The highest BCUT2D eigenvalue weighted by molar-refractivity contribution is 7.89. The Bertz CT molecular complexity index is 655. The van der Waals surface area contributed by atoms with E-state index in [9.17, 15) is 8.42 Å². The lowest BCUT2D eigenvalue weighted by Crippen LogP contribution is -2.27. The second-order valence-corrected chi connectivity index (χ2v) is 6.00. The molecule has 0 saturated heterocycles. The molecule has 0 radical (unpaired) electrons. The Labute approximate surface area is 116 Å². The number of nitrogen functional groups attached to an aromatic ring is 1. The van der Waals surface area contributed by atoms with E-state index in [2.05, 4.69) is 9.82 Å². The van der Waals surface area contributed by atoms with Gasteiger partial charge < -0.3 is 5.73 Å². The number of benzene rings is 1. The molecule has 1 heterocycles. The van der Waals surface area contributed by atoms with Gasteiger partial charge in [-0.1, -0.05) is 11.6 Å². The van der Waals surface area contributed by atoms with Crippen LogP contribution in [0.15, 0.2) is 41.6 Å². The van der Waals surface area contributed by atoms with Crippen molar-refractivity contribution in [3.63, 3.8) is 0 Å². The molecule has 2 rings (SSSR count). The van der Waals surface area contributed by atoms with Crippen LogP contribution in [-0.2, 0) is 16.6 Å². The summed E-state index contributed by atoms with van der Waals surface area (Å²) in [5.41, 5.74) is 5.91. The maximum Gasteiger partial charge on any atom is 0.242 e. The van der Waals surface area contributed by atoms with Gasteiger partial charge in [-0.05, 0) is 24.3 Å². The zero-order chi connectivity index (χ0) is 13.9. The quantitative estimate of drug-likeness (QED) is 0.809. The van der Waals surface area contributed by atoms with E-state index in [1.54, 1.807) is 29.2 Å². The highest BCUT2D eigenvalue weighted by Crippen LogP contribution is 2.23. The van der Waals surface area contributed by atoms with Crippen LogP contribution < -0.4 is 10.5 Å². The van der Waals surface area contributed by atoms with Gasteiger partial charge in [0.25, 0.3) is 0 Å². The number of nitrogens with zero attached hydrogens (tertiary/aromatic N) is 2. The van der Waals surface area contributed by atoms with Crippen molar-refractivity contribution in [2.24, 2.45) is 0 Å². The molecule has 102 valence electrons. The molecule has 0 unspecified atom stereocenters. The summed E-state index contributed by atoms with van der Waals surface area (Å²) in [6.07, 6.45) is 3.38. The van der Waals surface area contributed by atoms with Crippen molar-refractivity contribution in [3.05, 3.63) is 41.7 Å². The van der Waals surface area contributed by atoms with Crippen LogP contribution in [0.1, 0.15) is 0 Å². The number of nitrogens with one attached hydrogen (secondary N) is 1. The summed E-state index contributed by atoms with van der Waals surface area (Å²) in [6, 6.07) is 6.10. The molecule has 0 saturated carbocycles. The van der Waals surface area contributed by atoms with Gasteiger partial charge in [-0.25, -0.2) is 13.1 Å². The van der Waals surface area contributed by atoms with Crippen LogP contribution in [0, 0.1) is 0 Å². The number of hydrogen-bond donors (Lipinski definition) is 2. The summed E-state index contributed by atoms with van der Waals surface area (Å²) in [4.78, 5) is -0.0189. The predicted octanol–water partition coefficient (Wildman–Crippen LogP) is 1.10. The van der Waals surface area contributed by atoms with Gasteiger partial charge in [0.1, 0.15) is 4.90 Å². The molecular weight excluding hydrogens is 288 g/mol. The second kappa shape index (κ2) is 5.60. The van der Waals surface area contributed by atoms with E-state index >= 15 is 0 Å². The lowest BCUT2D eigenvalue weighted by molar-refractivity contribution is 0.561. The minimum atomic E-state index is -3.67. The lowest BCUT2D eigenvalue weighted by Gasteiger charge is -2.09.